The smallest absolute Gasteiger partial charge is 0.462 e. The third kappa shape index (κ3) is 33.0. The molecule has 1 aromatic rings. The summed E-state index contributed by atoms with van der Waals surface area (Å²) in [7, 11) is -10.9. The van der Waals surface area contributed by atoms with Crippen molar-refractivity contribution in [1.29, 1.82) is 0 Å². The number of allylic oxidation sites excluding steroid dienone is 8. The van der Waals surface area contributed by atoms with Crippen LogP contribution in [-0.2, 0) is 46.3 Å². The first-order valence-corrected chi connectivity index (χ1v) is 30.1. The second kappa shape index (κ2) is 40.9. The lowest BCUT2D eigenvalue weighted by Gasteiger charge is -2.21. The van der Waals surface area contributed by atoms with Gasteiger partial charge in [-0.2, -0.15) is 9.29 Å². The molecule has 1 fully saturated rings. The highest BCUT2D eigenvalue weighted by atomic mass is 31.3. The quantitative estimate of drug-likeness (QED) is 0.0153. The highest BCUT2D eigenvalue weighted by Gasteiger charge is 2.46. The molecule has 0 amide bonds. The van der Waals surface area contributed by atoms with E-state index < -0.39 is 83.7 Å². The molecule has 2 rings (SSSR count). The van der Waals surface area contributed by atoms with Crippen molar-refractivity contribution in [1.82, 2.24) is 9.55 Å². The van der Waals surface area contributed by atoms with Crippen LogP contribution in [0.15, 0.2) is 65.7 Å². The summed E-state index contributed by atoms with van der Waals surface area (Å²) in [5, 5.41) is 29.8. The second-order valence-corrected chi connectivity index (χ2v) is 22.1. The van der Waals surface area contributed by atoms with Gasteiger partial charge in [0.25, 0.3) is 0 Å². The Morgan fingerprint density at radius 2 is 1.23 bits per heavy atom. The van der Waals surface area contributed by atoms with E-state index in [-0.39, 0.29) is 25.3 Å². The van der Waals surface area contributed by atoms with Crippen LogP contribution in [0, 0.1) is 5.92 Å². The number of carbonyl (C=O) groups excluding carboxylic acids is 2. The molecule has 1 aromatic heterocycles. The number of nitrogen functional groups attached to an aromatic ring is 1. The van der Waals surface area contributed by atoms with Crippen LogP contribution in [0.5, 0.6) is 0 Å². The number of aromatic nitrogens is 2. The predicted molar refractivity (Wildman–Crippen MR) is 285 cm³/mol. The van der Waals surface area contributed by atoms with Crippen molar-refractivity contribution in [3.63, 3.8) is 0 Å². The number of anilines is 1. The summed E-state index contributed by atoms with van der Waals surface area (Å²) in [4.78, 5) is 62.0. The maximum Gasteiger partial charge on any atom is 0.481 e. The van der Waals surface area contributed by atoms with E-state index >= 15 is 0 Å². The Hall–Kier alpha value is -3.32. The van der Waals surface area contributed by atoms with Crippen molar-refractivity contribution in [2.75, 3.05) is 32.2 Å². The Balaban J connectivity index is 1.80. The van der Waals surface area contributed by atoms with Gasteiger partial charge in [-0.05, 0) is 69.8 Å². The van der Waals surface area contributed by atoms with Gasteiger partial charge in [0.05, 0.1) is 13.2 Å². The summed E-state index contributed by atoms with van der Waals surface area (Å²) in [6, 6.07) is 1.24. The molecule has 0 radical (unpaired) electrons. The van der Waals surface area contributed by atoms with E-state index in [1.807, 2.05) is 12.2 Å². The summed E-state index contributed by atoms with van der Waals surface area (Å²) in [5.41, 5.74) is 4.59. The maximum absolute atomic E-state index is 12.9. The van der Waals surface area contributed by atoms with Crippen molar-refractivity contribution >= 4 is 33.4 Å². The molecule has 1 aliphatic rings. The Bertz CT molecular complexity index is 1950. The molecule has 0 bridgehead atoms. The van der Waals surface area contributed by atoms with Gasteiger partial charge >= 0.3 is 33.3 Å². The minimum absolute atomic E-state index is 0.0345. The van der Waals surface area contributed by atoms with Crippen LogP contribution in [-0.4, -0.2) is 97.4 Å². The van der Waals surface area contributed by atoms with Gasteiger partial charge in [0.1, 0.15) is 30.7 Å². The van der Waals surface area contributed by atoms with E-state index in [4.69, 9.17) is 34.1 Å². The van der Waals surface area contributed by atoms with Gasteiger partial charge in [-0.25, -0.2) is 13.9 Å². The van der Waals surface area contributed by atoms with Crippen LogP contribution in [0.1, 0.15) is 193 Å². The molecule has 424 valence electrons. The lowest BCUT2D eigenvalue weighted by atomic mass is 9.99. The molecule has 0 aromatic carbocycles. The number of rotatable bonds is 45. The lowest BCUT2D eigenvalue weighted by Crippen LogP contribution is -2.36. The van der Waals surface area contributed by atoms with Crippen molar-refractivity contribution in [2.24, 2.45) is 5.92 Å². The minimum atomic E-state index is -5.44. The van der Waals surface area contributed by atoms with E-state index in [0.717, 1.165) is 87.3 Å². The molecule has 1 aliphatic heterocycles. The summed E-state index contributed by atoms with van der Waals surface area (Å²) in [6.07, 6.45) is 36.3. The van der Waals surface area contributed by atoms with E-state index in [1.54, 1.807) is 0 Å². The zero-order valence-electron chi connectivity index (χ0n) is 44.3. The van der Waals surface area contributed by atoms with Gasteiger partial charge in [-0.15, -0.1) is 0 Å². The largest absolute Gasteiger partial charge is 0.481 e. The van der Waals surface area contributed by atoms with E-state index in [9.17, 15) is 43.5 Å². The van der Waals surface area contributed by atoms with Crippen molar-refractivity contribution in [3.8, 4) is 0 Å². The molecule has 3 unspecified atom stereocenters. The van der Waals surface area contributed by atoms with E-state index in [0.29, 0.717) is 19.3 Å². The third-order valence-electron chi connectivity index (χ3n) is 12.5. The van der Waals surface area contributed by atoms with Gasteiger partial charge in [-0.1, -0.05) is 165 Å². The Morgan fingerprint density at radius 3 is 1.80 bits per heavy atom. The SMILES string of the molecule is CCC(C)CCCCCCCCCCCCCCCCC(=O)O[C@H](COC(=O)CCC/C=C\C/C=C\C/C=C\C/C=C\CCCCCO)COP(=O)(O)OP(=O)(O)OC[C@H]1O[C@@H](n2ccc(N)nc2=O)[C@H](O)[C@@H]1O. The van der Waals surface area contributed by atoms with Gasteiger partial charge in [0.2, 0.25) is 0 Å². The summed E-state index contributed by atoms with van der Waals surface area (Å²) in [5.74, 6) is -0.536. The zero-order valence-corrected chi connectivity index (χ0v) is 46.0. The molecule has 74 heavy (non-hydrogen) atoms. The highest BCUT2D eigenvalue weighted by molar-refractivity contribution is 7.61. The Labute approximate surface area is 440 Å². The number of ether oxygens (including phenoxy) is 3. The molecular weight excluding hydrogens is 997 g/mol. The fraction of sp³-hybridized carbons (Fsp3) is 0.736. The van der Waals surface area contributed by atoms with Crippen molar-refractivity contribution in [2.45, 2.75) is 218 Å². The molecule has 0 saturated carbocycles. The summed E-state index contributed by atoms with van der Waals surface area (Å²) >= 11 is 0. The molecule has 19 nitrogen and oxygen atoms in total. The second-order valence-electron chi connectivity index (χ2n) is 19.1. The third-order valence-corrected chi connectivity index (χ3v) is 15.1. The van der Waals surface area contributed by atoms with Crippen molar-refractivity contribution in [3.05, 3.63) is 71.4 Å². The highest BCUT2D eigenvalue weighted by Crippen LogP contribution is 2.60. The normalized spacial score (nSPS) is 19.7. The van der Waals surface area contributed by atoms with Crippen molar-refractivity contribution < 1.29 is 71.4 Å². The van der Waals surface area contributed by atoms with Crippen LogP contribution in [0.25, 0.3) is 0 Å². The maximum atomic E-state index is 12.9. The number of aliphatic hydroxyl groups is 3. The first-order chi connectivity index (χ1) is 35.6. The fourth-order valence-electron chi connectivity index (χ4n) is 7.91. The van der Waals surface area contributed by atoms with Crippen LogP contribution in [0.3, 0.4) is 0 Å². The molecule has 8 atom stereocenters. The number of esters is 2. The topological polar surface area (TPSA) is 286 Å². The number of carbonyl (C=O) groups is 2. The first kappa shape index (κ1) is 66.8. The summed E-state index contributed by atoms with van der Waals surface area (Å²) in [6.45, 7) is 2.48. The van der Waals surface area contributed by atoms with Gasteiger partial charge < -0.3 is 45.1 Å². The standard InChI is InChI=1S/C53H91N3O16P2/c1-3-44(2)35-31-27-23-19-15-11-8-9-13-17-21-25-29-33-37-49(59)70-45(41-67-48(58)36-32-28-24-20-16-12-7-5-4-6-10-14-18-22-26-30-34-40-57)42-68-73(63,64)72-74(65,66)69-43-46-50(60)51(61)52(71-46)56-39-38-47(54)55-53(56)62/h4,6-7,12,14,18,20,24,38-39,44-46,50-52,57,60-61H,3,5,8-11,13,15-17,19,21-23,25-37,40-43H2,1-2H3,(H,63,64)(H,65,66)(H2,54,55,62)/b6-4-,12-7-,18-14-,24-20-/t44?,45-,46-,50-,51-,52-/m1/s1. The minimum Gasteiger partial charge on any atom is -0.462 e. The number of phosphoric ester groups is 2. The molecular formula is C53H91N3O16P2. The van der Waals surface area contributed by atoms with Gasteiger partial charge in [0, 0.05) is 25.6 Å². The van der Waals surface area contributed by atoms with Crippen LogP contribution in [0.4, 0.5) is 5.82 Å². The molecule has 7 N–H and O–H groups in total. The molecule has 1 saturated heterocycles. The first-order valence-electron chi connectivity index (χ1n) is 27.2. The average Bonchev–Trinajstić information content (AvgIpc) is 3.64. The monoisotopic (exact) mass is 1090 g/mol. The number of nitrogens with zero attached hydrogens (tertiary/aromatic N) is 2. The average molecular weight is 1090 g/mol. The Morgan fingerprint density at radius 1 is 0.716 bits per heavy atom. The molecule has 0 spiro atoms. The van der Waals surface area contributed by atoms with Gasteiger partial charge in [-0.3, -0.25) is 23.2 Å². The predicted octanol–water partition coefficient (Wildman–Crippen LogP) is 10.6. The van der Waals surface area contributed by atoms with E-state index in [1.165, 1.54) is 76.7 Å². The van der Waals surface area contributed by atoms with Gasteiger partial charge in [0.15, 0.2) is 12.3 Å². The zero-order chi connectivity index (χ0) is 54.3. The number of aliphatic hydroxyl groups excluding tert-OH is 3. The Kier molecular flexibility index (Phi) is 36.9. The number of hydrogen-bond donors (Lipinski definition) is 6. The molecule has 2 heterocycles. The number of hydrogen-bond acceptors (Lipinski definition) is 16. The number of nitrogens with two attached hydrogens (primary N) is 1. The number of phosphoric acid groups is 2. The number of unbranched alkanes of at least 4 members (excludes halogenated alkanes) is 17. The van der Waals surface area contributed by atoms with Crippen LogP contribution in [0.2, 0.25) is 0 Å². The molecule has 0 aliphatic carbocycles. The van der Waals surface area contributed by atoms with Crippen LogP contribution < -0.4 is 11.4 Å². The fourth-order valence-corrected chi connectivity index (χ4v) is 10.0. The van der Waals surface area contributed by atoms with E-state index in [2.05, 4.69) is 59.6 Å². The lowest BCUT2D eigenvalue weighted by molar-refractivity contribution is -0.161. The van der Waals surface area contributed by atoms with Crippen LogP contribution >= 0.6 is 15.6 Å². The molecule has 21 heteroatoms. The summed E-state index contributed by atoms with van der Waals surface area (Å²) < 4.78 is 56.8.